The average Bonchev–Trinajstić information content (AvgIpc) is 3.06. The Morgan fingerprint density at radius 3 is 2.85 bits per heavy atom. The highest BCUT2D eigenvalue weighted by molar-refractivity contribution is 6.01. The molecule has 2 bridgehead atoms. The van der Waals surface area contributed by atoms with Crippen LogP contribution in [0.25, 0.3) is 0 Å². The number of anilines is 4. The zero-order chi connectivity index (χ0) is 23.1. The van der Waals surface area contributed by atoms with Crippen molar-refractivity contribution in [2.24, 2.45) is 0 Å². The molecule has 1 aromatic heterocycles. The average molecular weight is 465 g/mol. The van der Waals surface area contributed by atoms with Crippen LogP contribution in [0.3, 0.4) is 0 Å². The van der Waals surface area contributed by atoms with Crippen LogP contribution in [0.4, 0.5) is 22.9 Å². The molecule has 6 heterocycles. The van der Waals surface area contributed by atoms with Crippen molar-refractivity contribution in [3.63, 3.8) is 0 Å². The fourth-order valence-corrected chi connectivity index (χ4v) is 5.62. The van der Waals surface area contributed by atoms with E-state index < -0.39 is 6.10 Å². The van der Waals surface area contributed by atoms with E-state index in [2.05, 4.69) is 33.4 Å². The van der Waals surface area contributed by atoms with Crippen molar-refractivity contribution in [3.8, 4) is 0 Å². The van der Waals surface area contributed by atoms with Gasteiger partial charge in [-0.25, -0.2) is 4.98 Å². The summed E-state index contributed by atoms with van der Waals surface area (Å²) in [6, 6.07) is 10.7. The molecule has 0 radical (unpaired) electrons. The van der Waals surface area contributed by atoms with Gasteiger partial charge in [-0.3, -0.25) is 4.79 Å². The minimum atomic E-state index is -0.467. The van der Waals surface area contributed by atoms with Crippen molar-refractivity contribution < 1.29 is 19.0 Å². The Hall–Kier alpha value is -2.68. The zero-order valence-electron chi connectivity index (χ0n) is 19.6. The Morgan fingerprint density at radius 2 is 2.12 bits per heavy atom. The third kappa shape index (κ3) is 4.04. The normalized spacial score (nSPS) is 28.0. The van der Waals surface area contributed by atoms with Crippen LogP contribution in [-0.2, 0) is 25.5 Å². The van der Waals surface area contributed by atoms with Crippen molar-refractivity contribution >= 4 is 28.8 Å². The molecule has 0 spiro atoms. The van der Waals surface area contributed by atoms with E-state index in [1.54, 1.807) is 6.20 Å². The summed E-state index contributed by atoms with van der Waals surface area (Å²) in [7, 11) is 0. The van der Waals surface area contributed by atoms with Gasteiger partial charge in [-0.05, 0) is 56.9 Å². The summed E-state index contributed by atoms with van der Waals surface area (Å²) in [6.07, 6.45) is 5.44. The number of morpholine rings is 1. The number of nitrogens with zero attached hydrogens (tertiary/aromatic N) is 3. The molecule has 5 aliphatic heterocycles. The van der Waals surface area contributed by atoms with Crippen LogP contribution >= 0.6 is 0 Å². The lowest BCUT2D eigenvalue weighted by Gasteiger charge is -2.46. The van der Waals surface area contributed by atoms with E-state index in [0.717, 1.165) is 60.9 Å². The smallest absolute Gasteiger partial charge is 0.256 e. The molecule has 180 valence electrons. The van der Waals surface area contributed by atoms with Gasteiger partial charge in [0.05, 0.1) is 49.4 Å². The summed E-state index contributed by atoms with van der Waals surface area (Å²) < 4.78 is 17.6. The lowest BCUT2D eigenvalue weighted by atomic mass is 9.96. The Balaban J connectivity index is 1.32. The summed E-state index contributed by atoms with van der Waals surface area (Å²) in [6.45, 7) is 5.23. The summed E-state index contributed by atoms with van der Waals surface area (Å²) >= 11 is 0. The van der Waals surface area contributed by atoms with Gasteiger partial charge in [0.2, 0.25) is 0 Å². The van der Waals surface area contributed by atoms with Crippen molar-refractivity contribution in [1.29, 1.82) is 0 Å². The third-order valence-corrected chi connectivity index (χ3v) is 7.44. The SMILES string of the molecule is CCO[C@@H]1CC[C@@H](C(=O)N2Cc3cccnc3Nc3ccc(N4C[C@H]5CC[C@@H]4CO5)cc32)OC1. The van der Waals surface area contributed by atoms with E-state index in [-0.39, 0.29) is 12.0 Å². The number of fused-ring (bicyclic) bond motifs is 5. The summed E-state index contributed by atoms with van der Waals surface area (Å²) in [5.74, 6) is 0.786. The van der Waals surface area contributed by atoms with Gasteiger partial charge in [0.15, 0.2) is 0 Å². The first-order valence-corrected chi connectivity index (χ1v) is 12.5. The number of nitrogens with one attached hydrogen (secondary N) is 1. The Labute approximate surface area is 200 Å². The van der Waals surface area contributed by atoms with Crippen LogP contribution < -0.4 is 15.1 Å². The van der Waals surface area contributed by atoms with Crippen LogP contribution in [0.15, 0.2) is 36.5 Å². The maximum Gasteiger partial charge on any atom is 0.256 e. The van der Waals surface area contributed by atoms with Crippen LogP contribution in [0.1, 0.15) is 38.2 Å². The highest BCUT2D eigenvalue weighted by atomic mass is 16.5. The number of hydrogen-bond acceptors (Lipinski definition) is 7. The molecule has 8 heteroatoms. The van der Waals surface area contributed by atoms with Crippen LogP contribution in [-0.4, -0.2) is 61.6 Å². The Morgan fingerprint density at radius 1 is 1.18 bits per heavy atom. The number of aromatic nitrogens is 1. The van der Waals surface area contributed by atoms with E-state index in [0.29, 0.717) is 38.3 Å². The van der Waals surface area contributed by atoms with E-state index in [9.17, 15) is 4.79 Å². The number of rotatable bonds is 4. The molecule has 8 nitrogen and oxygen atoms in total. The molecular weight excluding hydrogens is 432 g/mol. The van der Waals surface area contributed by atoms with Gasteiger partial charge in [0.1, 0.15) is 11.9 Å². The van der Waals surface area contributed by atoms with Crippen molar-refractivity contribution in [1.82, 2.24) is 4.98 Å². The van der Waals surface area contributed by atoms with Crippen molar-refractivity contribution in [2.45, 2.75) is 63.5 Å². The number of ether oxygens (including phenoxy) is 3. The van der Waals surface area contributed by atoms with E-state index >= 15 is 0 Å². The van der Waals surface area contributed by atoms with Crippen LogP contribution in [0, 0.1) is 0 Å². The number of carbonyl (C=O) groups is 1. The van der Waals surface area contributed by atoms with Gasteiger partial charge in [0.25, 0.3) is 5.91 Å². The van der Waals surface area contributed by atoms with Crippen molar-refractivity contribution in [3.05, 3.63) is 42.1 Å². The summed E-state index contributed by atoms with van der Waals surface area (Å²) in [4.78, 5) is 22.7. The fraction of sp³-hybridized carbons (Fsp3) is 0.538. The molecule has 34 heavy (non-hydrogen) atoms. The zero-order valence-corrected chi connectivity index (χ0v) is 19.6. The van der Waals surface area contributed by atoms with Crippen LogP contribution in [0.2, 0.25) is 0 Å². The van der Waals surface area contributed by atoms with Crippen molar-refractivity contribution in [2.75, 3.05) is 41.5 Å². The summed E-state index contributed by atoms with van der Waals surface area (Å²) in [5.41, 5.74) is 3.88. The van der Waals surface area contributed by atoms with Gasteiger partial charge < -0.3 is 29.3 Å². The molecule has 4 fully saturated rings. The number of carbonyl (C=O) groups excluding carboxylic acids is 1. The minimum absolute atomic E-state index is 0.00431. The second-order valence-electron chi connectivity index (χ2n) is 9.58. The largest absolute Gasteiger partial charge is 0.376 e. The highest BCUT2D eigenvalue weighted by Crippen LogP contribution is 2.40. The van der Waals surface area contributed by atoms with Gasteiger partial charge in [-0.2, -0.15) is 0 Å². The predicted molar refractivity (Wildman–Crippen MR) is 130 cm³/mol. The fourth-order valence-electron chi connectivity index (χ4n) is 5.62. The highest BCUT2D eigenvalue weighted by Gasteiger charge is 2.37. The number of pyridine rings is 1. The number of benzene rings is 1. The first-order chi connectivity index (χ1) is 16.7. The van der Waals surface area contributed by atoms with Gasteiger partial charge in [0, 0.05) is 30.6 Å². The second-order valence-corrected chi connectivity index (χ2v) is 9.58. The number of amides is 1. The number of hydrogen-bond donors (Lipinski definition) is 1. The molecule has 5 aliphatic rings. The quantitative estimate of drug-likeness (QED) is 0.741. The first kappa shape index (κ1) is 21.8. The van der Waals surface area contributed by atoms with Gasteiger partial charge in [-0.1, -0.05) is 6.07 Å². The third-order valence-electron chi connectivity index (χ3n) is 7.44. The predicted octanol–water partition coefficient (Wildman–Crippen LogP) is 3.62. The van der Waals surface area contributed by atoms with Gasteiger partial charge in [-0.15, -0.1) is 0 Å². The topological polar surface area (TPSA) is 76.2 Å². The Bertz CT molecular complexity index is 1050. The van der Waals surface area contributed by atoms with Gasteiger partial charge >= 0.3 is 0 Å². The minimum Gasteiger partial charge on any atom is -0.376 e. The molecule has 1 amide bonds. The molecular formula is C26H32N4O4. The monoisotopic (exact) mass is 464 g/mol. The lowest BCUT2D eigenvalue weighted by Crippen LogP contribution is -2.54. The first-order valence-electron chi connectivity index (χ1n) is 12.5. The van der Waals surface area contributed by atoms with Crippen LogP contribution in [0.5, 0.6) is 0 Å². The molecule has 0 aliphatic carbocycles. The number of piperidine rings is 1. The maximum absolute atomic E-state index is 13.8. The molecule has 4 saturated heterocycles. The van der Waals surface area contributed by atoms with E-state index in [1.165, 1.54) is 0 Å². The molecule has 0 unspecified atom stereocenters. The summed E-state index contributed by atoms with van der Waals surface area (Å²) in [5, 5.41) is 3.47. The molecule has 2 aromatic rings. The molecule has 7 rings (SSSR count). The molecule has 0 saturated carbocycles. The van der Waals surface area contributed by atoms with E-state index in [4.69, 9.17) is 14.2 Å². The van der Waals surface area contributed by atoms with E-state index in [1.807, 2.05) is 24.0 Å². The standard InChI is InChI=1S/C26H32N4O4/c1-2-32-21-8-10-24(34-16-21)26(31)30-13-17-4-3-11-27-25(17)28-22-9-6-18(12-23(22)30)29-14-20-7-5-19(29)15-33-20/h3-4,6,9,11-12,19-21,24H,2,5,7-8,10,13-16H2,1H3,(H,27,28)/t19-,20-,21-,24+/m1/s1. The molecule has 1 aromatic carbocycles. The maximum atomic E-state index is 13.8. The Kier molecular flexibility index (Phi) is 5.89. The molecule has 1 N–H and O–H groups in total. The lowest BCUT2D eigenvalue weighted by molar-refractivity contribution is -0.140. The molecule has 4 atom stereocenters. The second kappa shape index (κ2) is 9.17.